The molecule has 87 heavy (non-hydrogen) atoms. The maximum atomic E-state index is 12.9. The third kappa shape index (κ3) is 69.5. The maximum absolute atomic E-state index is 12.9. The highest BCUT2D eigenvalue weighted by Gasteiger charge is 2.25. The zero-order chi connectivity index (χ0) is 63.3. The van der Waals surface area contributed by atoms with Gasteiger partial charge in [-0.05, 0) is 89.9 Å². The van der Waals surface area contributed by atoms with Gasteiger partial charge in [0, 0.05) is 12.8 Å². The van der Waals surface area contributed by atoms with Crippen LogP contribution in [-0.4, -0.2) is 87.4 Å². The van der Waals surface area contributed by atoms with E-state index in [2.05, 4.69) is 111 Å². The van der Waals surface area contributed by atoms with E-state index in [9.17, 15) is 19.5 Å². The number of nitrogens with zero attached hydrogens (tertiary/aromatic N) is 1. The van der Waals surface area contributed by atoms with Crippen LogP contribution in [-0.2, 0) is 33.3 Å². The van der Waals surface area contributed by atoms with E-state index < -0.39 is 24.3 Å². The molecule has 0 aromatic rings. The standard InChI is InChI=1S/C78H137NO8/c1-6-8-10-12-14-16-18-20-22-24-26-28-30-31-32-33-34-35-36-37-38-39-40-41-42-43-44-45-47-48-50-52-54-56-58-60-62-64-66-68-75(80)85-72-74(73-86-78(77(82)83)84-71-70-79(3,4)5)87-76(81)69-67-65-63-61-59-57-55-53-51-49-46-29-27-25-23-21-19-17-15-13-11-9-7-2/h9,11,15,17,21,23-24,26-27,29,49,51,55,57,61,63,74,78H,6-8,10,12-14,16,18-20,22,25,28,30-48,50,52-54,56,58-60,62,64-73H2,1-5H3/p+1/b11-9-,17-15-,23-21-,26-24-,29-27-,51-49-,57-55-,63-61-. The van der Waals surface area contributed by atoms with Crippen LogP contribution in [0.2, 0.25) is 0 Å². The molecule has 0 aliphatic rings. The van der Waals surface area contributed by atoms with E-state index in [1.807, 2.05) is 21.1 Å². The van der Waals surface area contributed by atoms with Crippen molar-refractivity contribution in [1.29, 1.82) is 0 Å². The van der Waals surface area contributed by atoms with Gasteiger partial charge in [-0.1, -0.05) is 317 Å². The number of ether oxygens (including phenoxy) is 4. The average molecular weight is 1220 g/mol. The summed E-state index contributed by atoms with van der Waals surface area (Å²) in [6.07, 6.45) is 91.4. The van der Waals surface area contributed by atoms with E-state index in [4.69, 9.17) is 18.9 Å². The summed E-state index contributed by atoms with van der Waals surface area (Å²) < 4.78 is 22.9. The molecule has 0 fully saturated rings. The van der Waals surface area contributed by atoms with Crippen LogP contribution in [0.15, 0.2) is 97.2 Å². The highest BCUT2D eigenvalue weighted by atomic mass is 16.7. The number of hydrogen-bond acceptors (Lipinski definition) is 7. The second kappa shape index (κ2) is 68.1. The minimum atomic E-state index is -1.53. The summed E-state index contributed by atoms with van der Waals surface area (Å²) >= 11 is 0. The molecule has 2 atom stereocenters. The lowest BCUT2D eigenvalue weighted by Gasteiger charge is -2.25. The molecule has 0 amide bonds. The number of aliphatic carboxylic acids is 1. The lowest BCUT2D eigenvalue weighted by atomic mass is 10.0. The molecule has 2 unspecified atom stereocenters. The number of unbranched alkanes of at least 4 members (excludes halogenated alkanes) is 36. The SMILES string of the molecule is CC/C=C\C/C=C\C/C=C\C/C=C\C/C=C\C/C=C\C/C=C\CCCC(=O)OC(COC(=O)CCCCCCCCCCCCCCCCCCCCCCCCCCCCC/C=C\CCCCCCCCCC)COC(OCC[N+](C)(C)C)C(=O)O. The van der Waals surface area contributed by atoms with Crippen molar-refractivity contribution in [2.24, 2.45) is 0 Å². The van der Waals surface area contributed by atoms with Crippen LogP contribution in [0.1, 0.15) is 322 Å². The van der Waals surface area contributed by atoms with Gasteiger partial charge < -0.3 is 28.5 Å². The Balaban J connectivity index is 4.05. The maximum Gasteiger partial charge on any atom is 0.361 e. The third-order valence-corrected chi connectivity index (χ3v) is 15.8. The van der Waals surface area contributed by atoms with Gasteiger partial charge in [0.2, 0.25) is 0 Å². The summed E-state index contributed by atoms with van der Waals surface area (Å²) in [5, 5.41) is 9.74. The van der Waals surface area contributed by atoms with Crippen molar-refractivity contribution in [2.75, 3.05) is 47.5 Å². The van der Waals surface area contributed by atoms with E-state index >= 15 is 0 Å². The third-order valence-electron chi connectivity index (χ3n) is 15.8. The predicted molar refractivity (Wildman–Crippen MR) is 373 cm³/mol. The molecule has 0 spiro atoms. The monoisotopic (exact) mass is 1220 g/mol. The molecule has 0 aromatic carbocycles. The fourth-order valence-electron chi connectivity index (χ4n) is 10.3. The molecular formula is C78H138NO8+. The van der Waals surface area contributed by atoms with Gasteiger partial charge >= 0.3 is 17.9 Å². The van der Waals surface area contributed by atoms with E-state index in [1.165, 1.54) is 218 Å². The summed E-state index contributed by atoms with van der Waals surface area (Å²) in [5.41, 5.74) is 0. The van der Waals surface area contributed by atoms with Crippen LogP contribution >= 0.6 is 0 Å². The molecule has 0 rings (SSSR count). The minimum absolute atomic E-state index is 0.173. The molecule has 0 saturated carbocycles. The highest BCUT2D eigenvalue weighted by molar-refractivity contribution is 5.71. The number of carboxylic acid groups (broad SMARTS) is 1. The molecule has 9 heteroatoms. The van der Waals surface area contributed by atoms with Crippen molar-refractivity contribution in [3.8, 4) is 0 Å². The Hall–Kier alpha value is -3.79. The number of hydrogen-bond donors (Lipinski definition) is 1. The molecule has 0 heterocycles. The number of carbonyl (C=O) groups excluding carboxylic acids is 2. The molecular weight excluding hydrogens is 1080 g/mol. The Morgan fingerprint density at radius 2 is 0.667 bits per heavy atom. The Labute approximate surface area is 537 Å². The van der Waals surface area contributed by atoms with Crippen LogP contribution < -0.4 is 0 Å². The van der Waals surface area contributed by atoms with Crippen LogP contribution in [0.4, 0.5) is 0 Å². The molecule has 0 saturated heterocycles. The largest absolute Gasteiger partial charge is 0.477 e. The first-order valence-electron chi connectivity index (χ1n) is 36.4. The molecule has 9 nitrogen and oxygen atoms in total. The normalized spacial score (nSPS) is 13.3. The zero-order valence-electron chi connectivity index (χ0n) is 57.4. The second-order valence-corrected chi connectivity index (χ2v) is 25.5. The van der Waals surface area contributed by atoms with Crippen molar-refractivity contribution in [1.82, 2.24) is 0 Å². The van der Waals surface area contributed by atoms with Gasteiger partial charge in [0.25, 0.3) is 6.29 Å². The fraction of sp³-hybridized carbons (Fsp3) is 0.756. The summed E-state index contributed by atoms with van der Waals surface area (Å²) in [5.74, 6) is -2.08. The Bertz CT molecular complexity index is 1750. The molecule has 0 aromatic heterocycles. The molecule has 0 radical (unpaired) electrons. The number of carboxylic acids is 1. The Morgan fingerprint density at radius 1 is 0.356 bits per heavy atom. The van der Waals surface area contributed by atoms with E-state index in [0.717, 1.165) is 64.2 Å². The first kappa shape index (κ1) is 83.2. The van der Waals surface area contributed by atoms with E-state index in [-0.39, 0.29) is 38.6 Å². The number of quaternary nitrogens is 1. The van der Waals surface area contributed by atoms with Gasteiger partial charge in [0.05, 0.1) is 34.4 Å². The van der Waals surface area contributed by atoms with Gasteiger partial charge in [-0.3, -0.25) is 9.59 Å². The minimum Gasteiger partial charge on any atom is -0.477 e. The smallest absolute Gasteiger partial charge is 0.361 e. The summed E-state index contributed by atoms with van der Waals surface area (Å²) in [6, 6.07) is 0. The summed E-state index contributed by atoms with van der Waals surface area (Å²) in [6.45, 7) is 4.72. The van der Waals surface area contributed by atoms with Crippen LogP contribution in [0.3, 0.4) is 0 Å². The topological polar surface area (TPSA) is 108 Å². The van der Waals surface area contributed by atoms with Crippen molar-refractivity contribution in [2.45, 2.75) is 334 Å². The van der Waals surface area contributed by atoms with E-state index in [0.29, 0.717) is 23.9 Å². The number of esters is 2. The van der Waals surface area contributed by atoms with Gasteiger partial charge in [0.1, 0.15) is 13.2 Å². The summed E-state index contributed by atoms with van der Waals surface area (Å²) in [4.78, 5) is 37.6. The zero-order valence-corrected chi connectivity index (χ0v) is 57.4. The van der Waals surface area contributed by atoms with Crippen LogP contribution in [0, 0.1) is 0 Å². The molecule has 0 aliphatic carbocycles. The molecule has 502 valence electrons. The van der Waals surface area contributed by atoms with Gasteiger partial charge in [0.15, 0.2) is 6.10 Å². The lowest BCUT2D eigenvalue weighted by Crippen LogP contribution is -2.40. The van der Waals surface area contributed by atoms with Gasteiger partial charge in [-0.2, -0.15) is 0 Å². The average Bonchev–Trinajstić information content (AvgIpc) is 3.50. The molecule has 0 bridgehead atoms. The molecule has 1 N–H and O–H groups in total. The van der Waals surface area contributed by atoms with E-state index in [1.54, 1.807) is 0 Å². The molecule has 0 aliphatic heterocycles. The Kier molecular flexibility index (Phi) is 65.2. The van der Waals surface area contributed by atoms with Gasteiger partial charge in [-0.15, -0.1) is 0 Å². The van der Waals surface area contributed by atoms with Crippen molar-refractivity contribution >= 4 is 17.9 Å². The number of rotatable bonds is 67. The first-order valence-corrected chi connectivity index (χ1v) is 36.4. The second-order valence-electron chi connectivity index (χ2n) is 25.5. The van der Waals surface area contributed by atoms with Crippen LogP contribution in [0.25, 0.3) is 0 Å². The van der Waals surface area contributed by atoms with Crippen molar-refractivity contribution in [3.05, 3.63) is 97.2 Å². The quantitative estimate of drug-likeness (QED) is 0.0211. The number of likely N-dealkylation sites (N-methyl/N-ethyl adjacent to an activating group) is 1. The van der Waals surface area contributed by atoms with Crippen LogP contribution in [0.5, 0.6) is 0 Å². The lowest BCUT2D eigenvalue weighted by molar-refractivity contribution is -0.870. The first-order chi connectivity index (χ1) is 42.6. The van der Waals surface area contributed by atoms with Crippen molar-refractivity contribution in [3.63, 3.8) is 0 Å². The van der Waals surface area contributed by atoms with Gasteiger partial charge in [-0.25, -0.2) is 4.79 Å². The van der Waals surface area contributed by atoms with Crippen molar-refractivity contribution < 1.29 is 42.9 Å². The fourth-order valence-corrected chi connectivity index (χ4v) is 10.3. The number of carbonyl (C=O) groups is 3. The highest BCUT2D eigenvalue weighted by Crippen LogP contribution is 2.18. The number of allylic oxidation sites excluding steroid dienone is 16. The Morgan fingerprint density at radius 3 is 1.02 bits per heavy atom. The summed E-state index contributed by atoms with van der Waals surface area (Å²) in [7, 11) is 5.96. The predicted octanol–water partition coefficient (Wildman–Crippen LogP) is 22.8.